The zero-order chi connectivity index (χ0) is 11.4. The Morgan fingerprint density at radius 1 is 1.44 bits per heavy atom. The minimum atomic E-state index is -0.200. The van der Waals surface area contributed by atoms with Gasteiger partial charge in [0.2, 0.25) is 0 Å². The predicted molar refractivity (Wildman–Crippen MR) is 65.5 cm³/mol. The molecule has 2 rings (SSSR count). The van der Waals surface area contributed by atoms with E-state index in [1.54, 1.807) is 16.7 Å². The molecule has 1 amide bonds. The number of hydrogen-bond acceptors (Lipinski definition) is 3. The smallest absolute Gasteiger partial charge is 0.410 e. The van der Waals surface area contributed by atoms with Gasteiger partial charge in [0.25, 0.3) is 0 Å². The molecule has 0 saturated carbocycles. The first-order chi connectivity index (χ1) is 7.79. The average molecular weight is 237 g/mol. The van der Waals surface area contributed by atoms with Gasteiger partial charge in [-0.2, -0.15) is 11.8 Å². The van der Waals surface area contributed by atoms with E-state index in [1.165, 1.54) is 0 Å². The van der Waals surface area contributed by atoms with Crippen molar-refractivity contribution in [3.63, 3.8) is 0 Å². The van der Waals surface area contributed by atoms with Crippen LogP contribution in [0.5, 0.6) is 0 Å². The van der Waals surface area contributed by atoms with Crippen LogP contribution in [0.25, 0.3) is 0 Å². The van der Waals surface area contributed by atoms with Crippen molar-refractivity contribution in [3.8, 4) is 0 Å². The first-order valence-corrected chi connectivity index (χ1v) is 6.57. The van der Waals surface area contributed by atoms with Gasteiger partial charge in [-0.1, -0.05) is 30.3 Å². The van der Waals surface area contributed by atoms with Crippen LogP contribution in [0.2, 0.25) is 0 Å². The van der Waals surface area contributed by atoms with Crippen LogP contribution < -0.4 is 0 Å². The summed E-state index contributed by atoms with van der Waals surface area (Å²) in [6, 6.07) is 9.74. The molecule has 1 heterocycles. The van der Waals surface area contributed by atoms with Crippen molar-refractivity contribution in [1.82, 2.24) is 4.90 Å². The zero-order valence-corrected chi connectivity index (χ0v) is 10.1. The molecule has 3 nitrogen and oxygen atoms in total. The highest BCUT2D eigenvalue weighted by molar-refractivity contribution is 7.99. The number of hydrogen-bond donors (Lipinski definition) is 0. The normalized spacial score (nSPS) is 15.7. The molecule has 16 heavy (non-hydrogen) atoms. The third-order valence-electron chi connectivity index (χ3n) is 2.64. The van der Waals surface area contributed by atoms with Crippen LogP contribution in [0.3, 0.4) is 0 Å². The van der Waals surface area contributed by atoms with E-state index in [9.17, 15) is 4.79 Å². The van der Waals surface area contributed by atoms with Gasteiger partial charge in [-0.15, -0.1) is 0 Å². The lowest BCUT2D eigenvalue weighted by molar-refractivity contribution is 0.0778. The van der Waals surface area contributed by atoms with Gasteiger partial charge < -0.3 is 9.64 Å². The Balaban J connectivity index is 1.73. The second-order valence-corrected chi connectivity index (χ2v) is 4.94. The first-order valence-electron chi connectivity index (χ1n) is 5.28. The van der Waals surface area contributed by atoms with Gasteiger partial charge in [-0.3, -0.25) is 0 Å². The lowest BCUT2D eigenvalue weighted by Gasteiger charge is -2.37. The van der Waals surface area contributed by atoms with Crippen LogP contribution in [0, 0.1) is 0 Å². The number of likely N-dealkylation sites (tertiary alicyclic amines) is 1. The van der Waals surface area contributed by atoms with Crippen molar-refractivity contribution in [2.75, 3.05) is 19.3 Å². The number of ether oxygens (including phenoxy) is 1. The number of carbonyl (C=O) groups excluding carboxylic acids is 1. The predicted octanol–water partition coefficient (Wildman–Crippen LogP) is 2.37. The van der Waals surface area contributed by atoms with Gasteiger partial charge in [-0.05, 0) is 11.8 Å². The van der Waals surface area contributed by atoms with Gasteiger partial charge in [-0.25, -0.2) is 4.79 Å². The van der Waals surface area contributed by atoms with E-state index >= 15 is 0 Å². The van der Waals surface area contributed by atoms with E-state index in [4.69, 9.17) is 4.74 Å². The zero-order valence-electron chi connectivity index (χ0n) is 9.26. The minimum absolute atomic E-state index is 0.200. The summed E-state index contributed by atoms with van der Waals surface area (Å²) in [6.07, 6.45) is 1.87. The molecule has 86 valence electrons. The van der Waals surface area contributed by atoms with Gasteiger partial charge in [0.15, 0.2) is 0 Å². The average Bonchev–Trinajstić information content (AvgIpc) is 2.26. The summed E-state index contributed by atoms with van der Waals surface area (Å²) in [5, 5.41) is 0.587. The van der Waals surface area contributed by atoms with E-state index in [0.717, 1.165) is 18.7 Å². The molecule has 0 aromatic heterocycles. The summed E-state index contributed by atoms with van der Waals surface area (Å²) >= 11 is 1.80. The number of nitrogens with zero attached hydrogens (tertiary/aromatic N) is 1. The van der Waals surface area contributed by atoms with E-state index in [-0.39, 0.29) is 6.09 Å². The molecule has 1 aliphatic heterocycles. The van der Waals surface area contributed by atoms with Crippen LogP contribution >= 0.6 is 11.8 Å². The molecule has 4 heteroatoms. The third kappa shape index (κ3) is 2.70. The van der Waals surface area contributed by atoms with Crippen molar-refractivity contribution in [2.24, 2.45) is 0 Å². The Morgan fingerprint density at radius 2 is 2.12 bits per heavy atom. The van der Waals surface area contributed by atoms with Crippen LogP contribution in [-0.2, 0) is 11.3 Å². The molecule has 0 spiro atoms. The Morgan fingerprint density at radius 3 is 2.75 bits per heavy atom. The number of rotatable bonds is 3. The monoisotopic (exact) mass is 237 g/mol. The molecule has 0 radical (unpaired) electrons. The highest BCUT2D eigenvalue weighted by Crippen LogP contribution is 2.20. The van der Waals surface area contributed by atoms with Crippen molar-refractivity contribution in [1.29, 1.82) is 0 Å². The minimum Gasteiger partial charge on any atom is -0.445 e. The fourth-order valence-corrected chi connectivity index (χ4v) is 2.20. The van der Waals surface area contributed by atoms with Crippen molar-refractivity contribution in [3.05, 3.63) is 35.9 Å². The Bertz CT molecular complexity index is 349. The Kier molecular flexibility index (Phi) is 3.72. The number of thioether (sulfide) groups is 1. The third-order valence-corrected chi connectivity index (χ3v) is 3.61. The van der Waals surface area contributed by atoms with E-state index in [1.807, 2.05) is 30.3 Å². The van der Waals surface area contributed by atoms with Crippen molar-refractivity contribution < 1.29 is 9.53 Å². The summed E-state index contributed by atoms with van der Waals surface area (Å²) < 4.78 is 5.20. The van der Waals surface area contributed by atoms with Crippen LogP contribution in [0.15, 0.2) is 30.3 Å². The van der Waals surface area contributed by atoms with Gasteiger partial charge >= 0.3 is 6.09 Å². The number of carbonyl (C=O) groups is 1. The molecule has 0 bridgehead atoms. The fourth-order valence-electron chi connectivity index (χ4n) is 1.55. The summed E-state index contributed by atoms with van der Waals surface area (Å²) in [4.78, 5) is 13.3. The molecule has 1 aromatic carbocycles. The molecule has 1 saturated heterocycles. The molecule has 0 atom stereocenters. The number of amides is 1. The highest BCUT2D eigenvalue weighted by atomic mass is 32.2. The number of benzene rings is 1. The molecule has 0 aliphatic carbocycles. The lowest BCUT2D eigenvalue weighted by Crippen LogP contribution is -2.52. The van der Waals surface area contributed by atoms with E-state index in [0.29, 0.717) is 11.9 Å². The summed E-state index contributed by atoms with van der Waals surface area (Å²) in [6.45, 7) is 1.99. The maximum atomic E-state index is 11.6. The Labute approximate surface area is 99.8 Å². The molecule has 1 aromatic rings. The van der Waals surface area contributed by atoms with Crippen LogP contribution in [0.4, 0.5) is 4.79 Å². The highest BCUT2D eigenvalue weighted by Gasteiger charge is 2.30. The lowest BCUT2D eigenvalue weighted by atomic mass is 10.2. The van der Waals surface area contributed by atoms with Crippen LogP contribution in [-0.4, -0.2) is 35.6 Å². The summed E-state index contributed by atoms with van der Waals surface area (Å²) in [7, 11) is 0. The van der Waals surface area contributed by atoms with Gasteiger partial charge in [0.1, 0.15) is 6.61 Å². The summed E-state index contributed by atoms with van der Waals surface area (Å²) in [5.41, 5.74) is 1.03. The largest absolute Gasteiger partial charge is 0.445 e. The van der Waals surface area contributed by atoms with E-state index < -0.39 is 0 Å². The van der Waals surface area contributed by atoms with Crippen molar-refractivity contribution >= 4 is 17.9 Å². The van der Waals surface area contributed by atoms with Gasteiger partial charge in [0.05, 0.1) is 0 Å². The van der Waals surface area contributed by atoms with E-state index in [2.05, 4.69) is 6.26 Å². The summed E-state index contributed by atoms with van der Waals surface area (Å²) in [5.74, 6) is 0. The molecule has 1 aliphatic rings. The topological polar surface area (TPSA) is 29.5 Å². The quantitative estimate of drug-likeness (QED) is 0.808. The fraction of sp³-hybridized carbons (Fsp3) is 0.417. The second-order valence-electron chi connectivity index (χ2n) is 3.80. The molecule has 1 fully saturated rings. The molecular weight excluding hydrogens is 222 g/mol. The maximum absolute atomic E-state index is 11.6. The molecule has 0 unspecified atom stereocenters. The molecular formula is C12H15NO2S. The first kappa shape index (κ1) is 11.3. The standard InChI is InChI=1S/C12H15NO2S/c1-16-11-7-13(8-11)12(14)15-9-10-5-3-2-4-6-10/h2-6,11H,7-9H2,1H3. The maximum Gasteiger partial charge on any atom is 0.410 e. The van der Waals surface area contributed by atoms with Crippen molar-refractivity contribution in [2.45, 2.75) is 11.9 Å². The SMILES string of the molecule is CSC1CN(C(=O)OCc2ccccc2)C1. The van der Waals surface area contributed by atoms with Crippen LogP contribution in [0.1, 0.15) is 5.56 Å². The Hall–Kier alpha value is -1.16. The van der Waals surface area contributed by atoms with Gasteiger partial charge in [0, 0.05) is 18.3 Å². The second kappa shape index (κ2) is 5.25. The molecule has 0 N–H and O–H groups in total.